The molecule has 0 spiro atoms. The molecule has 3 fully saturated rings. The Labute approximate surface area is 138 Å². The van der Waals surface area contributed by atoms with Crippen molar-refractivity contribution in [3.8, 4) is 0 Å². The highest BCUT2D eigenvalue weighted by Crippen LogP contribution is 2.67. The van der Waals surface area contributed by atoms with E-state index in [2.05, 4.69) is 6.92 Å². The molecule has 0 aliphatic heterocycles. The minimum absolute atomic E-state index is 0.00984. The van der Waals surface area contributed by atoms with Gasteiger partial charge in [-0.05, 0) is 80.1 Å². The van der Waals surface area contributed by atoms with E-state index in [4.69, 9.17) is 0 Å². The number of fused-ring (bicyclic) bond motifs is 5. The maximum Gasteiger partial charge on any atom is 0.288 e. The van der Waals surface area contributed by atoms with Crippen LogP contribution in [0.5, 0.6) is 0 Å². The molecule has 1 unspecified atom stereocenters. The van der Waals surface area contributed by atoms with Gasteiger partial charge >= 0.3 is 0 Å². The molecule has 0 saturated heterocycles. The molecular weight excluding hydrogens is 292 g/mol. The summed E-state index contributed by atoms with van der Waals surface area (Å²) >= 11 is 0. The first-order valence-electron chi connectivity index (χ1n) is 9.37. The lowest BCUT2D eigenvalue weighted by Gasteiger charge is -2.61. The molecule has 4 aliphatic carbocycles. The van der Waals surface area contributed by atoms with E-state index in [1.165, 1.54) is 32.1 Å². The summed E-state index contributed by atoms with van der Waals surface area (Å²) in [6.45, 7) is 2.45. The van der Waals surface area contributed by atoms with E-state index in [0.717, 1.165) is 18.8 Å². The average Bonchev–Trinajstić information content (AvgIpc) is 2.85. The summed E-state index contributed by atoms with van der Waals surface area (Å²) in [5.74, 6) is -1.14. The Kier molecular flexibility index (Phi) is 3.44. The number of hydrogen-bond donors (Lipinski definition) is 4. The second-order valence-electron chi connectivity index (χ2n) is 8.87. The third-order valence-electron chi connectivity index (χ3n) is 8.28. The van der Waals surface area contributed by atoms with Crippen LogP contribution >= 0.6 is 0 Å². The van der Waals surface area contributed by atoms with Crippen LogP contribution in [0.4, 0.5) is 0 Å². The van der Waals surface area contributed by atoms with Crippen molar-refractivity contribution in [2.24, 2.45) is 34.5 Å². The van der Waals surface area contributed by atoms with Crippen LogP contribution in [0, 0.1) is 34.5 Å². The van der Waals surface area contributed by atoms with Gasteiger partial charge in [0.1, 0.15) is 11.2 Å². The lowest BCUT2D eigenvalue weighted by atomic mass is 9.44. The maximum absolute atomic E-state index is 10.4. The molecule has 0 aromatic heterocycles. The molecule has 6 atom stereocenters. The lowest BCUT2D eigenvalue weighted by molar-refractivity contribution is -0.390. The van der Waals surface area contributed by atoms with Crippen molar-refractivity contribution >= 4 is 0 Å². The average molecular weight is 322 g/mol. The Bertz CT molecular complexity index is 522. The number of hydrogen-bond acceptors (Lipinski definition) is 4. The monoisotopic (exact) mass is 322 g/mol. The molecule has 0 aromatic rings. The summed E-state index contributed by atoms with van der Waals surface area (Å²) in [4.78, 5) is 0. The number of aliphatic hydroxyl groups is 4. The summed E-state index contributed by atoms with van der Waals surface area (Å²) in [5.41, 5.74) is -0.916. The van der Waals surface area contributed by atoms with Gasteiger partial charge in [-0.1, -0.05) is 19.8 Å². The predicted octanol–water partition coefficient (Wildman–Crippen LogP) is 3.08. The molecule has 4 N–H and O–H groups in total. The smallest absolute Gasteiger partial charge is 0.288 e. The molecule has 0 radical (unpaired) electrons. The Morgan fingerprint density at radius 2 is 1.78 bits per heavy atom. The van der Waals surface area contributed by atoms with E-state index in [1.807, 2.05) is 0 Å². The Morgan fingerprint density at radius 1 is 1.00 bits per heavy atom. The molecule has 4 rings (SSSR count). The molecular formula is C19H30O4. The van der Waals surface area contributed by atoms with Gasteiger partial charge in [0.15, 0.2) is 0 Å². The quantitative estimate of drug-likeness (QED) is 0.559. The van der Waals surface area contributed by atoms with Crippen LogP contribution < -0.4 is 0 Å². The summed E-state index contributed by atoms with van der Waals surface area (Å²) in [7, 11) is 0. The second kappa shape index (κ2) is 4.96. The number of rotatable bonds is 1. The first-order valence-corrected chi connectivity index (χ1v) is 9.37. The molecule has 0 bridgehead atoms. The molecule has 4 heteroatoms. The molecule has 23 heavy (non-hydrogen) atoms. The SMILES string of the molecule is C[C@]12CCCCC1CC[C@@H]1[C@@H]2CC[C@]2(C(O)(O)O)C(O)=CC[C@@H]12. The molecule has 4 aliphatic rings. The van der Waals surface area contributed by atoms with Gasteiger partial charge in [-0.25, -0.2) is 0 Å². The van der Waals surface area contributed by atoms with Crippen molar-refractivity contribution in [1.82, 2.24) is 0 Å². The van der Waals surface area contributed by atoms with Crippen molar-refractivity contribution < 1.29 is 20.4 Å². The third-order valence-corrected chi connectivity index (χ3v) is 8.28. The van der Waals surface area contributed by atoms with Crippen molar-refractivity contribution in [2.75, 3.05) is 0 Å². The van der Waals surface area contributed by atoms with Gasteiger partial charge in [-0.3, -0.25) is 0 Å². The zero-order valence-corrected chi connectivity index (χ0v) is 14.0. The summed E-state index contributed by atoms with van der Waals surface area (Å²) in [6.07, 6.45) is 11.3. The van der Waals surface area contributed by atoms with Crippen molar-refractivity contribution in [1.29, 1.82) is 0 Å². The van der Waals surface area contributed by atoms with E-state index in [9.17, 15) is 20.4 Å². The van der Waals surface area contributed by atoms with Crippen LogP contribution in [0.25, 0.3) is 0 Å². The van der Waals surface area contributed by atoms with Gasteiger partial charge in [-0.15, -0.1) is 0 Å². The number of aliphatic hydroxyl groups excluding tert-OH is 1. The van der Waals surface area contributed by atoms with Gasteiger partial charge < -0.3 is 20.4 Å². The molecule has 3 saturated carbocycles. The molecule has 0 aromatic carbocycles. The van der Waals surface area contributed by atoms with E-state index >= 15 is 0 Å². The minimum Gasteiger partial charge on any atom is -0.512 e. The van der Waals surface area contributed by atoms with Crippen LogP contribution in [0.15, 0.2) is 11.8 Å². The second-order valence-corrected chi connectivity index (χ2v) is 8.87. The van der Waals surface area contributed by atoms with Crippen LogP contribution in [0.3, 0.4) is 0 Å². The largest absolute Gasteiger partial charge is 0.512 e. The predicted molar refractivity (Wildman–Crippen MR) is 86.2 cm³/mol. The fourth-order valence-electron chi connectivity index (χ4n) is 7.14. The Hall–Kier alpha value is -0.580. The van der Waals surface area contributed by atoms with Crippen LogP contribution in [0.1, 0.15) is 64.7 Å². The topological polar surface area (TPSA) is 80.9 Å². The van der Waals surface area contributed by atoms with E-state index in [1.54, 1.807) is 6.08 Å². The molecule has 4 nitrogen and oxygen atoms in total. The first-order chi connectivity index (χ1) is 10.8. The fourth-order valence-corrected chi connectivity index (χ4v) is 7.14. The normalized spacial score (nSPS) is 49.8. The van der Waals surface area contributed by atoms with E-state index in [-0.39, 0.29) is 11.7 Å². The van der Waals surface area contributed by atoms with Gasteiger partial charge in [0.25, 0.3) is 5.97 Å². The first kappa shape index (κ1) is 15.9. The van der Waals surface area contributed by atoms with Crippen LogP contribution in [-0.4, -0.2) is 26.4 Å². The Balaban J connectivity index is 1.70. The highest BCUT2D eigenvalue weighted by Gasteiger charge is 2.66. The van der Waals surface area contributed by atoms with Gasteiger partial charge in [0, 0.05) is 0 Å². The highest BCUT2D eigenvalue weighted by molar-refractivity contribution is 5.24. The molecule has 130 valence electrons. The van der Waals surface area contributed by atoms with Crippen LogP contribution in [0.2, 0.25) is 0 Å². The van der Waals surface area contributed by atoms with E-state index < -0.39 is 11.4 Å². The maximum atomic E-state index is 10.4. The Morgan fingerprint density at radius 3 is 2.52 bits per heavy atom. The van der Waals surface area contributed by atoms with Crippen LogP contribution in [-0.2, 0) is 0 Å². The lowest BCUT2D eigenvalue weighted by Crippen LogP contribution is -2.60. The van der Waals surface area contributed by atoms with Crippen molar-refractivity contribution in [2.45, 2.75) is 70.7 Å². The summed E-state index contributed by atoms with van der Waals surface area (Å²) in [6, 6.07) is 0. The molecule has 0 amide bonds. The minimum atomic E-state index is -2.83. The van der Waals surface area contributed by atoms with E-state index in [0.29, 0.717) is 30.1 Å². The fraction of sp³-hybridized carbons (Fsp3) is 0.895. The van der Waals surface area contributed by atoms with Gasteiger partial charge in [0.2, 0.25) is 0 Å². The molecule has 0 heterocycles. The third kappa shape index (κ3) is 1.95. The van der Waals surface area contributed by atoms with Crippen molar-refractivity contribution in [3.05, 3.63) is 11.8 Å². The standard InChI is InChI=1S/C19H30O4/c1-17-10-3-2-4-12(17)5-6-13-14(17)9-11-18(19(21,22)23)15(13)7-8-16(18)20/h8,12-15,20-23H,2-7,9-11H2,1H3/t12?,13-,14+,15+,17+,18-/m1/s1. The van der Waals surface area contributed by atoms with Gasteiger partial charge in [0.05, 0.1) is 0 Å². The van der Waals surface area contributed by atoms with Gasteiger partial charge in [-0.2, -0.15) is 0 Å². The summed E-state index contributed by atoms with van der Waals surface area (Å²) in [5, 5.41) is 40.6. The number of allylic oxidation sites excluding steroid dienone is 1. The zero-order chi connectivity index (χ0) is 16.5. The van der Waals surface area contributed by atoms with Crippen molar-refractivity contribution in [3.63, 3.8) is 0 Å². The summed E-state index contributed by atoms with van der Waals surface area (Å²) < 4.78 is 0. The highest BCUT2D eigenvalue weighted by atomic mass is 16.7. The zero-order valence-electron chi connectivity index (χ0n) is 14.0.